The number of hydrogen-bond acceptors (Lipinski definition) is 2. The van der Waals surface area contributed by atoms with Crippen molar-refractivity contribution < 1.29 is 0 Å². The van der Waals surface area contributed by atoms with Gasteiger partial charge in [0.15, 0.2) is 0 Å². The highest BCUT2D eigenvalue weighted by Gasteiger charge is 1.73. The summed E-state index contributed by atoms with van der Waals surface area (Å²) in [6.07, 6.45) is 24.0. The molecule has 2 aliphatic heterocycles. The Morgan fingerprint density at radius 2 is 0.938 bits per heavy atom. The molecule has 0 bridgehead atoms. The first-order valence-corrected chi connectivity index (χ1v) is 5.43. The summed E-state index contributed by atoms with van der Waals surface area (Å²) in [6.45, 7) is 1.86. The molecule has 0 unspecified atom stereocenters. The molecule has 2 N–H and O–H groups in total. The van der Waals surface area contributed by atoms with Crippen LogP contribution < -0.4 is 10.6 Å². The minimum Gasteiger partial charge on any atom is -0.387 e. The van der Waals surface area contributed by atoms with Crippen molar-refractivity contribution in [2.75, 3.05) is 13.1 Å². The van der Waals surface area contributed by atoms with Crippen molar-refractivity contribution in [3.8, 4) is 0 Å². The van der Waals surface area contributed by atoms with Gasteiger partial charge < -0.3 is 10.6 Å². The maximum atomic E-state index is 3.07. The van der Waals surface area contributed by atoms with Gasteiger partial charge in [-0.15, -0.1) is 0 Å². The molecule has 0 fully saturated rings. The molecule has 2 nitrogen and oxygen atoms in total. The van der Waals surface area contributed by atoms with Crippen LogP contribution in [0.5, 0.6) is 0 Å². The monoisotopic (exact) mass is 214 g/mol. The molecule has 0 saturated heterocycles. The van der Waals surface area contributed by atoms with E-state index in [9.17, 15) is 0 Å². The minimum absolute atomic E-state index is 0.931. The molecule has 0 radical (unpaired) electrons. The summed E-state index contributed by atoms with van der Waals surface area (Å²) in [7, 11) is 0. The van der Waals surface area contributed by atoms with Gasteiger partial charge in [0.05, 0.1) is 0 Å². The summed E-state index contributed by atoms with van der Waals surface area (Å²) in [6, 6.07) is 0. The average Bonchev–Trinajstić information content (AvgIpc) is 2.15. The second kappa shape index (κ2) is 9.59. The predicted octanol–water partition coefficient (Wildman–Crippen LogP) is 2.43. The van der Waals surface area contributed by atoms with Crippen molar-refractivity contribution in [2.45, 2.75) is 0 Å². The zero-order chi connectivity index (χ0) is 11.3. The Balaban J connectivity index is 0.000000160. The minimum atomic E-state index is 0.931. The normalized spacial score (nSPS) is 17.0. The molecule has 0 aromatic carbocycles. The van der Waals surface area contributed by atoms with E-state index < -0.39 is 0 Å². The summed E-state index contributed by atoms with van der Waals surface area (Å²) in [5, 5.41) is 6.14. The SMILES string of the molecule is C1=CC=CNCC=C1.C1=CC=CNCC=C1. The Hall–Kier alpha value is -1.96. The van der Waals surface area contributed by atoms with Gasteiger partial charge in [0.1, 0.15) is 0 Å². The van der Waals surface area contributed by atoms with Crippen LogP contribution in [0.15, 0.2) is 73.2 Å². The third-order valence-electron chi connectivity index (χ3n) is 1.84. The van der Waals surface area contributed by atoms with Crippen LogP contribution in [0.4, 0.5) is 0 Å². The topological polar surface area (TPSA) is 24.1 Å². The van der Waals surface area contributed by atoms with Crippen LogP contribution in [0, 0.1) is 0 Å². The number of nitrogens with one attached hydrogen (secondary N) is 2. The summed E-state index contributed by atoms with van der Waals surface area (Å²) in [5.74, 6) is 0. The Morgan fingerprint density at radius 3 is 1.44 bits per heavy atom. The van der Waals surface area contributed by atoms with Crippen molar-refractivity contribution in [1.29, 1.82) is 0 Å². The first kappa shape index (κ1) is 12.1. The van der Waals surface area contributed by atoms with E-state index >= 15 is 0 Å². The van der Waals surface area contributed by atoms with Crippen LogP contribution in [-0.2, 0) is 0 Å². The lowest BCUT2D eigenvalue weighted by molar-refractivity contribution is 0.984. The van der Waals surface area contributed by atoms with E-state index in [-0.39, 0.29) is 0 Å². The Morgan fingerprint density at radius 1 is 0.500 bits per heavy atom. The van der Waals surface area contributed by atoms with Crippen LogP contribution >= 0.6 is 0 Å². The van der Waals surface area contributed by atoms with Gasteiger partial charge in [0.2, 0.25) is 0 Å². The predicted molar refractivity (Wildman–Crippen MR) is 70.8 cm³/mol. The first-order chi connectivity index (χ1) is 8.00. The molecule has 16 heavy (non-hydrogen) atoms. The molecule has 2 heterocycles. The smallest absolute Gasteiger partial charge is 0.0328 e. The highest BCUT2D eigenvalue weighted by molar-refractivity contribution is 5.13. The zero-order valence-electron chi connectivity index (χ0n) is 9.34. The van der Waals surface area contributed by atoms with E-state index in [1.807, 2.05) is 61.0 Å². The van der Waals surface area contributed by atoms with Gasteiger partial charge in [0.25, 0.3) is 0 Å². The van der Waals surface area contributed by atoms with E-state index in [0.717, 1.165) is 13.1 Å². The van der Waals surface area contributed by atoms with Crippen LogP contribution in [-0.4, -0.2) is 13.1 Å². The Kier molecular flexibility index (Phi) is 7.26. The van der Waals surface area contributed by atoms with Crippen LogP contribution in [0.25, 0.3) is 0 Å². The van der Waals surface area contributed by atoms with Gasteiger partial charge in [-0.2, -0.15) is 0 Å². The molecular formula is C14H18N2. The van der Waals surface area contributed by atoms with Crippen molar-refractivity contribution in [3.63, 3.8) is 0 Å². The highest BCUT2D eigenvalue weighted by atomic mass is 14.8. The molecular weight excluding hydrogens is 196 g/mol. The molecule has 0 spiro atoms. The van der Waals surface area contributed by atoms with E-state index in [2.05, 4.69) is 22.8 Å². The van der Waals surface area contributed by atoms with Crippen molar-refractivity contribution in [3.05, 3.63) is 73.2 Å². The molecule has 2 rings (SSSR count). The molecule has 84 valence electrons. The molecule has 0 aromatic rings. The maximum Gasteiger partial charge on any atom is 0.0328 e. The molecule has 0 saturated carbocycles. The largest absolute Gasteiger partial charge is 0.387 e. The lowest BCUT2D eigenvalue weighted by Crippen LogP contribution is -2.03. The zero-order valence-corrected chi connectivity index (χ0v) is 9.34. The standard InChI is InChI=1S/2C7H9N/c2*1-2-4-6-8-7-5-3-1/h2*1-6,8H,7H2. The second-order valence-corrected chi connectivity index (χ2v) is 3.16. The lowest BCUT2D eigenvalue weighted by atomic mass is 10.4. The number of hydrogen-bond donors (Lipinski definition) is 2. The van der Waals surface area contributed by atoms with Gasteiger partial charge in [0, 0.05) is 13.1 Å². The molecule has 2 heteroatoms. The molecule has 0 aliphatic carbocycles. The fraction of sp³-hybridized carbons (Fsp3) is 0.143. The summed E-state index contributed by atoms with van der Waals surface area (Å²) < 4.78 is 0. The summed E-state index contributed by atoms with van der Waals surface area (Å²) in [5.41, 5.74) is 0. The summed E-state index contributed by atoms with van der Waals surface area (Å²) in [4.78, 5) is 0. The number of rotatable bonds is 0. The van der Waals surface area contributed by atoms with Gasteiger partial charge in [-0.25, -0.2) is 0 Å². The maximum absolute atomic E-state index is 3.07. The van der Waals surface area contributed by atoms with E-state index in [0.29, 0.717) is 0 Å². The van der Waals surface area contributed by atoms with Gasteiger partial charge in [-0.1, -0.05) is 48.6 Å². The molecule has 0 atom stereocenters. The first-order valence-electron chi connectivity index (χ1n) is 5.43. The van der Waals surface area contributed by atoms with Gasteiger partial charge in [-0.05, 0) is 24.6 Å². The van der Waals surface area contributed by atoms with Crippen molar-refractivity contribution >= 4 is 0 Å². The van der Waals surface area contributed by atoms with Crippen LogP contribution in [0.3, 0.4) is 0 Å². The fourth-order valence-electron chi connectivity index (χ4n) is 1.07. The van der Waals surface area contributed by atoms with Crippen LogP contribution in [0.1, 0.15) is 0 Å². The molecule has 0 aromatic heterocycles. The Labute approximate surface area is 97.4 Å². The lowest BCUT2D eigenvalue weighted by Gasteiger charge is -1.92. The quantitative estimate of drug-likeness (QED) is 0.647. The highest BCUT2D eigenvalue weighted by Crippen LogP contribution is 1.82. The van der Waals surface area contributed by atoms with E-state index in [1.165, 1.54) is 0 Å². The number of allylic oxidation sites excluding steroid dienone is 8. The van der Waals surface area contributed by atoms with Gasteiger partial charge in [-0.3, -0.25) is 0 Å². The van der Waals surface area contributed by atoms with E-state index in [1.54, 1.807) is 0 Å². The molecule has 0 amide bonds. The molecule has 2 aliphatic rings. The Bertz CT molecular complexity index is 265. The third-order valence-corrected chi connectivity index (χ3v) is 1.84. The van der Waals surface area contributed by atoms with E-state index in [4.69, 9.17) is 0 Å². The van der Waals surface area contributed by atoms with Gasteiger partial charge >= 0.3 is 0 Å². The van der Waals surface area contributed by atoms with Crippen LogP contribution in [0.2, 0.25) is 0 Å². The fourth-order valence-corrected chi connectivity index (χ4v) is 1.07. The van der Waals surface area contributed by atoms with Crippen molar-refractivity contribution in [2.24, 2.45) is 0 Å². The second-order valence-electron chi connectivity index (χ2n) is 3.16. The average molecular weight is 214 g/mol. The summed E-state index contributed by atoms with van der Waals surface area (Å²) >= 11 is 0. The third kappa shape index (κ3) is 7.44. The van der Waals surface area contributed by atoms with Crippen molar-refractivity contribution in [1.82, 2.24) is 10.6 Å².